The van der Waals surface area contributed by atoms with E-state index in [1.807, 2.05) is 29.2 Å². The van der Waals surface area contributed by atoms with E-state index in [1.54, 1.807) is 0 Å². The number of aromatic amines is 1. The van der Waals surface area contributed by atoms with Crippen molar-refractivity contribution in [3.63, 3.8) is 0 Å². The molecule has 2 amide bonds. The molecule has 27 heavy (non-hydrogen) atoms. The highest BCUT2D eigenvalue weighted by Gasteiger charge is 2.27. The Kier molecular flexibility index (Phi) is 4.62. The average Bonchev–Trinajstić information content (AvgIpc) is 3.51. The normalized spacial score (nSPS) is 16.7. The molecular weight excluding hydrogens is 346 g/mol. The molecule has 8 heteroatoms. The second-order valence-corrected chi connectivity index (χ2v) is 6.91. The van der Waals surface area contributed by atoms with Crippen LogP contribution in [0.4, 0.5) is 5.69 Å². The van der Waals surface area contributed by atoms with Crippen molar-refractivity contribution in [2.75, 3.05) is 24.5 Å². The molecule has 2 heterocycles. The summed E-state index contributed by atoms with van der Waals surface area (Å²) in [7, 11) is 0. The fraction of sp³-hybridized carbons (Fsp3) is 0.368. The van der Waals surface area contributed by atoms with E-state index in [4.69, 9.17) is 0 Å². The highest BCUT2D eigenvalue weighted by atomic mass is 16.2. The molecule has 2 fully saturated rings. The van der Waals surface area contributed by atoms with E-state index < -0.39 is 0 Å². The zero-order valence-corrected chi connectivity index (χ0v) is 14.8. The Bertz CT molecular complexity index is 918. The minimum absolute atomic E-state index is 0.0218. The molecule has 1 saturated carbocycles. The smallest absolute Gasteiger partial charge is 0.270 e. The van der Waals surface area contributed by atoms with Gasteiger partial charge in [-0.15, -0.1) is 0 Å². The molecule has 0 radical (unpaired) electrons. The number of nitrogens with zero attached hydrogens (tertiary/aromatic N) is 2. The molecule has 8 nitrogen and oxygen atoms in total. The first-order valence-electron chi connectivity index (χ1n) is 9.08. The number of carbonyl (C=O) groups is 2. The maximum atomic E-state index is 12.3. The molecule has 0 spiro atoms. The first kappa shape index (κ1) is 17.3. The Hall–Kier alpha value is -3.16. The van der Waals surface area contributed by atoms with Crippen LogP contribution in [0.3, 0.4) is 0 Å². The van der Waals surface area contributed by atoms with Gasteiger partial charge in [0.15, 0.2) is 0 Å². The number of anilines is 1. The first-order chi connectivity index (χ1) is 13.1. The third-order valence-corrected chi connectivity index (χ3v) is 4.75. The molecular formula is C19H21N5O3. The number of benzene rings is 1. The van der Waals surface area contributed by atoms with E-state index in [-0.39, 0.29) is 29.0 Å². The molecule has 1 aromatic heterocycles. The summed E-state index contributed by atoms with van der Waals surface area (Å²) < 4.78 is 0. The van der Waals surface area contributed by atoms with Crippen molar-refractivity contribution in [1.82, 2.24) is 20.6 Å². The Morgan fingerprint density at radius 2 is 2.00 bits per heavy atom. The Morgan fingerprint density at radius 3 is 2.70 bits per heavy atom. The van der Waals surface area contributed by atoms with Gasteiger partial charge in [0.05, 0.1) is 6.54 Å². The lowest BCUT2D eigenvalue weighted by atomic mass is 10.1. The van der Waals surface area contributed by atoms with Gasteiger partial charge in [-0.3, -0.25) is 14.4 Å². The second-order valence-electron chi connectivity index (χ2n) is 6.91. The second kappa shape index (κ2) is 7.22. The molecule has 2 aromatic rings. The van der Waals surface area contributed by atoms with Crippen LogP contribution in [0.2, 0.25) is 0 Å². The van der Waals surface area contributed by atoms with Gasteiger partial charge in [-0.05, 0) is 30.5 Å². The molecule has 4 rings (SSSR count). The number of carbonyl (C=O) groups excluding carboxylic acids is 2. The number of aromatic nitrogens is 2. The summed E-state index contributed by atoms with van der Waals surface area (Å²) in [4.78, 5) is 44.5. The first-order valence-corrected chi connectivity index (χ1v) is 9.08. The Labute approximate surface area is 156 Å². The van der Waals surface area contributed by atoms with Crippen molar-refractivity contribution in [2.45, 2.75) is 25.3 Å². The van der Waals surface area contributed by atoms with Gasteiger partial charge in [0, 0.05) is 37.3 Å². The summed E-state index contributed by atoms with van der Waals surface area (Å²) in [5, 5.41) is 5.60. The summed E-state index contributed by atoms with van der Waals surface area (Å²) in [6.07, 6.45) is 2.00. The van der Waals surface area contributed by atoms with Gasteiger partial charge in [0.25, 0.3) is 11.5 Å². The minimum Gasteiger partial charge on any atom is -0.360 e. The number of amides is 2. The number of piperazine rings is 1. The third kappa shape index (κ3) is 4.16. The molecule has 140 valence electrons. The fourth-order valence-electron chi connectivity index (χ4n) is 3.10. The predicted octanol–water partition coefficient (Wildman–Crippen LogP) is 0.513. The summed E-state index contributed by atoms with van der Waals surface area (Å²) >= 11 is 0. The van der Waals surface area contributed by atoms with Crippen molar-refractivity contribution in [3.05, 3.63) is 57.8 Å². The van der Waals surface area contributed by atoms with Gasteiger partial charge in [-0.25, -0.2) is 4.98 Å². The zero-order chi connectivity index (χ0) is 18.8. The highest BCUT2D eigenvalue weighted by molar-refractivity contribution is 5.92. The number of hydrogen-bond acceptors (Lipinski definition) is 5. The van der Waals surface area contributed by atoms with E-state index in [9.17, 15) is 14.4 Å². The third-order valence-electron chi connectivity index (χ3n) is 4.75. The Morgan fingerprint density at radius 1 is 1.22 bits per heavy atom. The standard InChI is InChI=1S/C19H21N5O3/c25-16-9-15(22-18(23-16)13-3-4-13)19(27)21-10-12-1-5-14(6-2-12)24-8-7-20-17(26)11-24/h1-2,5-6,9,13H,3-4,7-8,10-11H2,(H,20,26)(H,21,27)(H,22,23,25). The van der Waals surface area contributed by atoms with Crippen LogP contribution >= 0.6 is 0 Å². The quantitative estimate of drug-likeness (QED) is 0.714. The molecule has 1 aliphatic carbocycles. The van der Waals surface area contributed by atoms with Gasteiger partial charge in [-0.2, -0.15) is 0 Å². The SMILES string of the molecule is O=C1CN(c2ccc(CNC(=O)c3cc(=O)[nH]c(C4CC4)n3)cc2)CCN1. The largest absolute Gasteiger partial charge is 0.360 e. The zero-order valence-electron chi connectivity index (χ0n) is 14.8. The molecule has 0 atom stereocenters. The average molecular weight is 367 g/mol. The van der Waals surface area contributed by atoms with Crippen molar-refractivity contribution >= 4 is 17.5 Å². The molecule has 3 N–H and O–H groups in total. The molecule has 0 unspecified atom stereocenters. The molecule has 1 saturated heterocycles. The number of H-pyrrole nitrogens is 1. The molecule has 0 bridgehead atoms. The number of rotatable bonds is 5. The highest BCUT2D eigenvalue weighted by Crippen LogP contribution is 2.37. The van der Waals surface area contributed by atoms with Gasteiger partial charge in [0.1, 0.15) is 11.5 Å². The Balaban J connectivity index is 1.38. The lowest BCUT2D eigenvalue weighted by molar-refractivity contribution is -0.120. The maximum absolute atomic E-state index is 12.3. The molecule has 1 aliphatic heterocycles. The monoisotopic (exact) mass is 367 g/mol. The van der Waals surface area contributed by atoms with E-state index in [0.717, 1.165) is 30.6 Å². The summed E-state index contributed by atoms with van der Waals surface area (Å²) in [6.45, 7) is 2.11. The van der Waals surface area contributed by atoms with Crippen LogP contribution in [0, 0.1) is 0 Å². The van der Waals surface area contributed by atoms with Gasteiger partial charge in [0.2, 0.25) is 5.91 Å². The van der Waals surface area contributed by atoms with Crippen molar-refractivity contribution < 1.29 is 9.59 Å². The van der Waals surface area contributed by atoms with E-state index >= 15 is 0 Å². The summed E-state index contributed by atoms with van der Waals surface area (Å²) in [6, 6.07) is 8.95. The van der Waals surface area contributed by atoms with Crippen LogP contribution in [0.5, 0.6) is 0 Å². The minimum atomic E-state index is -0.361. The maximum Gasteiger partial charge on any atom is 0.270 e. The van der Waals surface area contributed by atoms with Gasteiger partial charge < -0.3 is 20.5 Å². The van der Waals surface area contributed by atoms with Crippen molar-refractivity contribution in [2.24, 2.45) is 0 Å². The van der Waals surface area contributed by atoms with Crippen LogP contribution in [0.15, 0.2) is 35.1 Å². The van der Waals surface area contributed by atoms with E-state index in [0.29, 0.717) is 25.5 Å². The van der Waals surface area contributed by atoms with Gasteiger partial charge >= 0.3 is 0 Å². The molecule has 1 aromatic carbocycles. The number of nitrogens with one attached hydrogen (secondary N) is 3. The van der Waals surface area contributed by atoms with Crippen molar-refractivity contribution in [1.29, 1.82) is 0 Å². The topological polar surface area (TPSA) is 107 Å². The van der Waals surface area contributed by atoms with Crippen LogP contribution in [0.25, 0.3) is 0 Å². The molecule has 2 aliphatic rings. The van der Waals surface area contributed by atoms with Crippen molar-refractivity contribution in [3.8, 4) is 0 Å². The van der Waals surface area contributed by atoms with Crippen LogP contribution in [-0.2, 0) is 11.3 Å². The lowest BCUT2D eigenvalue weighted by Gasteiger charge is -2.28. The van der Waals surface area contributed by atoms with Gasteiger partial charge in [-0.1, -0.05) is 12.1 Å². The van der Waals surface area contributed by atoms with E-state index in [2.05, 4.69) is 20.6 Å². The predicted molar refractivity (Wildman–Crippen MR) is 99.7 cm³/mol. The lowest BCUT2D eigenvalue weighted by Crippen LogP contribution is -2.47. The van der Waals surface area contributed by atoms with E-state index in [1.165, 1.54) is 6.07 Å². The van der Waals surface area contributed by atoms with Crippen LogP contribution in [-0.4, -0.2) is 41.4 Å². The van der Waals surface area contributed by atoms with Crippen LogP contribution in [0.1, 0.15) is 40.6 Å². The number of hydrogen-bond donors (Lipinski definition) is 3. The summed E-state index contributed by atoms with van der Waals surface area (Å²) in [5.74, 6) is 0.533. The fourth-order valence-corrected chi connectivity index (χ4v) is 3.10. The van der Waals surface area contributed by atoms with Crippen LogP contribution < -0.4 is 21.1 Å². The summed E-state index contributed by atoms with van der Waals surface area (Å²) in [5.41, 5.74) is 1.76.